The summed E-state index contributed by atoms with van der Waals surface area (Å²) in [7, 11) is -0.936. The van der Waals surface area contributed by atoms with Gasteiger partial charge in [0.25, 0.3) is 5.91 Å². The molecule has 0 aliphatic carbocycles. The fourth-order valence-corrected chi connectivity index (χ4v) is 3.39. The van der Waals surface area contributed by atoms with E-state index in [0.29, 0.717) is 30.0 Å². The lowest BCUT2D eigenvalue weighted by Gasteiger charge is -2.08. The van der Waals surface area contributed by atoms with E-state index in [1.807, 2.05) is 11.4 Å². The van der Waals surface area contributed by atoms with E-state index in [4.69, 9.17) is 0 Å². The zero-order chi connectivity index (χ0) is 18.1. The third-order valence-corrected chi connectivity index (χ3v) is 5.21. The van der Waals surface area contributed by atoms with Crippen LogP contribution in [0.3, 0.4) is 0 Å². The van der Waals surface area contributed by atoms with E-state index in [2.05, 4.69) is 16.7 Å². The summed E-state index contributed by atoms with van der Waals surface area (Å²) >= 11 is 1.70. The Labute approximate surface area is 154 Å². The molecule has 2 aromatic rings. The van der Waals surface area contributed by atoms with Crippen molar-refractivity contribution in [2.24, 2.45) is 0 Å². The van der Waals surface area contributed by atoms with Crippen molar-refractivity contribution < 1.29 is 13.8 Å². The number of carbonyl (C=O) groups excluding carboxylic acids is 2. The molecule has 2 N–H and O–H groups in total. The van der Waals surface area contributed by atoms with Crippen molar-refractivity contribution in [3.63, 3.8) is 0 Å². The number of anilines is 1. The normalized spacial score (nSPS) is 11.7. The van der Waals surface area contributed by atoms with Crippen LogP contribution in [0.25, 0.3) is 0 Å². The number of nitrogens with one attached hydrogen (secondary N) is 2. The van der Waals surface area contributed by atoms with Gasteiger partial charge in [-0.3, -0.25) is 13.8 Å². The molecular weight excluding hydrogens is 356 g/mol. The molecule has 1 heterocycles. The average molecular weight is 379 g/mol. The van der Waals surface area contributed by atoms with Crippen LogP contribution in [-0.4, -0.2) is 34.6 Å². The maximum atomic E-state index is 12.0. The summed E-state index contributed by atoms with van der Waals surface area (Å²) in [4.78, 5) is 25.4. The van der Waals surface area contributed by atoms with Gasteiger partial charge in [0.05, 0.1) is 0 Å². The molecule has 134 valence electrons. The highest BCUT2D eigenvalue weighted by molar-refractivity contribution is 7.84. The topological polar surface area (TPSA) is 75.3 Å². The molecular formula is C18H22N2O3S2. The van der Waals surface area contributed by atoms with E-state index < -0.39 is 10.8 Å². The summed E-state index contributed by atoms with van der Waals surface area (Å²) in [6, 6.07) is 10.9. The number of thiophene rings is 1. The lowest BCUT2D eigenvalue weighted by Crippen LogP contribution is -2.27. The Balaban J connectivity index is 1.80. The Morgan fingerprint density at radius 1 is 1.20 bits per heavy atom. The molecule has 5 nitrogen and oxygen atoms in total. The van der Waals surface area contributed by atoms with Gasteiger partial charge in [0.15, 0.2) is 0 Å². The van der Waals surface area contributed by atoms with Gasteiger partial charge in [-0.2, -0.15) is 0 Å². The summed E-state index contributed by atoms with van der Waals surface area (Å²) in [5, 5.41) is 7.58. The summed E-state index contributed by atoms with van der Waals surface area (Å²) in [6.45, 7) is 0.362. The highest BCUT2D eigenvalue weighted by Crippen LogP contribution is 2.14. The van der Waals surface area contributed by atoms with Crippen LogP contribution in [0.2, 0.25) is 0 Å². The Hall–Kier alpha value is -1.99. The Morgan fingerprint density at radius 2 is 2.04 bits per heavy atom. The van der Waals surface area contributed by atoms with Gasteiger partial charge >= 0.3 is 0 Å². The lowest BCUT2D eigenvalue weighted by molar-refractivity contribution is -0.116. The van der Waals surface area contributed by atoms with E-state index in [0.717, 1.165) is 12.8 Å². The molecule has 1 atom stereocenters. The fraction of sp³-hybridized carbons (Fsp3) is 0.333. The summed E-state index contributed by atoms with van der Waals surface area (Å²) in [6.07, 6.45) is 3.73. The summed E-state index contributed by atoms with van der Waals surface area (Å²) in [5.41, 5.74) is 1.08. The second kappa shape index (κ2) is 10.1. The van der Waals surface area contributed by atoms with Gasteiger partial charge in [-0.25, -0.2) is 0 Å². The van der Waals surface area contributed by atoms with Crippen molar-refractivity contribution in [2.75, 3.05) is 23.9 Å². The van der Waals surface area contributed by atoms with Crippen molar-refractivity contribution in [1.82, 2.24) is 5.32 Å². The average Bonchev–Trinajstić information content (AvgIpc) is 3.08. The predicted molar refractivity (Wildman–Crippen MR) is 104 cm³/mol. The first kappa shape index (κ1) is 19.3. The van der Waals surface area contributed by atoms with Crippen molar-refractivity contribution in [3.8, 4) is 0 Å². The minimum absolute atomic E-state index is 0.0597. The molecule has 25 heavy (non-hydrogen) atoms. The van der Waals surface area contributed by atoms with Gasteiger partial charge in [0.1, 0.15) is 0 Å². The van der Waals surface area contributed by atoms with Crippen molar-refractivity contribution >= 4 is 39.6 Å². The first-order valence-electron chi connectivity index (χ1n) is 8.05. The van der Waals surface area contributed by atoms with Crippen molar-refractivity contribution in [3.05, 3.63) is 52.2 Å². The molecule has 2 amide bonds. The molecule has 0 spiro atoms. The molecule has 1 aromatic heterocycles. The third kappa shape index (κ3) is 7.19. The molecule has 2 rings (SSSR count). The Bertz CT molecular complexity index is 730. The molecule has 0 fully saturated rings. The molecule has 0 radical (unpaired) electrons. The highest BCUT2D eigenvalue weighted by Gasteiger charge is 2.08. The number of carbonyl (C=O) groups is 2. The molecule has 0 aliphatic rings. The minimum atomic E-state index is -0.936. The lowest BCUT2D eigenvalue weighted by atomic mass is 10.1. The molecule has 0 saturated carbocycles. The molecule has 7 heteroatoms. The van der Waals surface area contributed by atoms with E-state index in [-0.39, 0.29) is 11.8 Å². The van der Waals surface area contributed by atoms with E-state index in [1.54, 1.807) is 41.9 Å². The number of benzene rings is 1. The summed E-state index contributed by atoms with van der Waals surface area (Å²) < 4.78 is 11.0. The number of hydrogen-bond donors (Lipinski definition) is 2. The van der Waals surface area contributed by atoms with Crippen molar-refractivity contribution in [2.45, 2.75) is 19.3 Å². The molecule has 0 aliphatic heterocycles. The Kier molecular flexibility index (Phi) is 7.81. The van der Waals surface area contributed by atoms with Crippen LogP contribution in [-0.2, 0) is 22.0 Å². The van der Waals surface area contributed by atoms with Gasteiger partial charge in [-0.1, -0.05) is 12.1 Å². The monoisotopic (exact) mass is 378 g/mol. The first-order valence-corrected chi connectivity index (χ1v) is 10.7. The van der Waals surface area contributed by atoms with Gasteiger partial charge in [0, 0.05) is 51.9 Å². The van der Waals surface area contributed by atoms with Gasteiger partial charge in [-0.15, -0.1) is 11.3 Å². The maximum Gasteiger partial charge on any atom is 0.251 e. The number of aryl methyl sites for hydroxylation is 1. The van der Waals surface area contributed by atoms with Crippen LogP contribution < -0.4 is 10.6 Å². The van der Waals surface area contributed by atoms with E-state index >= 15 is 0 Å². The van der Waals surface area contributed by atoms with Crippen molar-refractivity contribution in [1.29, 1.82) is 0 Å². The van der Waals surface area contributed by atoms with Crippen LogP contribution in [0.5, 0.6) is 0 Å². The molecule has 1 aromatic carbocycles. The molecule has 0 saturated heterocycles. The third-order valence-electron chi connectivity index (χ3n) is 3.49. The Morgan fingerprint density at radius 3 is 2.76 bits per heavy atom. The smallest absolute Gasteiger partial charge is 0.251 e. The van der Waals surface area contributed by atoms with Crippen LogP contribution >= 0.6 is 11.3 Å². The van der Waals surface area contributed by atoms with E-state index in [9.17, 15) is 13.8 Å². The highest BCUT2D eigenvalue weighted by atomic mass is 32.2. The largest absolute Gasteiger partial charge is 0.351 e. The van der Waals surface area contributed by atoms with Gasteiger partial charge in [0.2, 0.25) is 5.91 Å². The second-order valence-corrected chi connectivity index (χ2v) is 8.18. The molecule has 0 bridgehead atoms. The minimum Gasteiger partial charge on any atom is -0.351 e. The zero-order valence-electron chi connectivity index (χ0n) is 14.1. The number of rotatable bonds is 9. The predicted octanol–water partition coefficient (Wildman–Crippen LogP) is 2.82. The number of amides is 2. The second-order valence-electron chi connectivity index (χ2n) is 5.60. The number of hydrogen-bond acceptors (Lipinski definition) is 4. The van der Waals surface area contributed by atoms with E-state index in [1.165, 1.54) is 4.88 Å². The quantitative estimate of drug-likeness (QED) is 0.704. The van der Waals surface area contributed by atoms with Crippen LogP contribution in [0.15, 0.2) is 41.8 Å². The standard InChI is InChI=1S/C18H22N2O3S2/c1-25(23)12-10-19-18(22)14-5-2-6-15(13-14)20-17(21)9-3-7-16-8-4-11-24-16/h2,4-6,8,11,13H,3,7,9-10,12H2,1H3,(H,19,22)(H,20,21). The van der Waals surface area contributed by atoms with Crippen LogP contribution in [0.1, 0.15) is 28.1 Å². The molecule has 1 unspecified atom stereocenters. The SMILES string of the molecule is CS(=O)CCNC(=O)c1cccc(NC(=O)CCCc2cccs2)c1. The zero-order valence-corrected chi connectivity index (χ0v) is 15.8. The van der Waals surface area contributed by atoms with Crippen LogP contribution in [0.4, 0.5) is 5.69 Å². The first-order chi connectivity index (χ1) is 12.0. The van der Waals surface area contributed by atoms with Gasteiger partial charge < -0.3 is 10.6 Å². The van der Waals surface area contributed by atoms with Gasteiger partial charge in [-0.05, 0) is 42.5 Å². The maximum absolute atomic E-state index is 12.0. The van der Waals surface area contributed by atoms with Crippen LogP contribution in [0, 0.1) is 0 Å². The fourth-order valence-electron chi connectivity index (χ4n) is 2.25. The summed E-state index contributed by atoms with van der Waals surface area (Å²) in [5.74, 6) is 0.126.